The molecule has 2 amide bonds. The second kappa shape index (κ2) is 9.43. The molecule has 5 rings (SSSR count). The lowest BCUT2D eigenvalue weighted by atomic mass is 9.89. The number of anilines is 2. The second-order valence-electron chi connectivity index (χ2n) is 8.39. The zero-order chi connectivity index (χ0) is 26.3. The number of nitro groups is 1. The molecule has 0 N–H and O–H groups in total. The fourth-order valence-corrected chi connectivity index (χ4v) is 4.79. The summed E-state index contributed by atoms with van der Waals surface area (Å²) in [6.45, 7) is 0. The van der Waals surface area contributed by atoms with E-state index in [-0.39, 0.29) is 22.7 Å². The SMILES string of the molecule is COc1ccc(N2C(=O)[C@H]3[C@H](ON(c4ccccc4)[C@H]3c3cc(OC)c(OC)cc3[N+](=O)[O-])C2=O)cc1. The van der Waals surface area contributed by atoms with Crippen LogP contribution in [0.2, 0.25) is 0 Å². The first kappa shape index (κ1) is 24.1. The monoisotopic (exact) mass is 505 g/mol. The summed E-state index contributed by atoms with van der Waals surface area (Å²) in [5.41, 5.74) is 0.732. The van der Waals surface area contributed by atoms with Gasteiger partial charge in [-0.3, -0.25) is 24.5 Å². The molecule has 0 aliphatic carbocycles. The van der Waals surface area contributed by atoms with Crippen molar-refractivity contribution in [1.82, 2.24) is 0 Å². The summed E-state index contributed by atoms with van der Waals surface area (Å²) in [4.78, 5) is 46.0. The number of benzene rings is 3. The zero-order valence-corrected chi connectivity index (χ0v) is 20.2. The highest BCUT2D eigenvalue weighted by Gasteiger charge is 2.61. The van der Waals surface area contributed by atoms with Crippen LogP contribution in [-0.2, 0) is 14.4 Å². The van der Waals surface area contributed by atoms with Crippen molar-refractivity contribution in [2.24, 2.45) is 5.92 Å². The molecule has 11 nitrogen and oxygen atoms in total. The standard InChI is InChI=1S/C26H23N3O8/c1-34-17-11-9-15(10-12-17)27-25(30)22-23(18-13-20(35-2)21(36-3)14-19(18)29(32)33)28(37-24(22)26(27)31)16-7-5-4-6-8-16/h4-14,22-24H,1-3H3/t22-,23+,24+/m1/s1. The lowest BCUT2D eigenvalue weighted by Gasteiger charge is -2.29. The minimum absolute atomic E-state index is 0.150. The average molecular weight is 505 g/mol. The fourth-order valence-electron chi connectivity index (χ4n) is 4.79. The Morgan fingerprint density at radius 2 is 1.49 bits per heavy atom. The van der Waals surface area contributed by atoms with E-state index in [0.29, 0.717) is 17.1 Å². The van der Waals surface area contributed by atoms with Crippen LogP contribution < -0.4 is 24.2 Å². The summed E-state index contributed by atoms with van der Waals surface area (Å²) < 4.78 is 15.8. The van der Waals surface area contributed by atoms with Gasteiger partial charge in [0.25, 0.3) is 11.6 Å². The van der Waals surface area contributed by atoms with E-state index >= 15 is 0 Å². The number of nitro benzene ring substituents is 1. The molecule has 3 aromatic rings. The summed E-state index contributed by atoms with van der Waals surface area (Å²) in [5, 5.41) is 13.5. The quantitative estimate of drug-likeness (QED) is 0.269. The topological polar surface area (TPSA) is 121 Å². The predicted octanol–water partition coefficient (Wildman–Crippen LogP) is 3.67. The normalized spacial score (nSPS) is 20.7. The molecule has 190 valence electrons. The number of imide groups is 1. The minimum atomic E-state index is -1.19. The van der Waals surface area contributed by atoms with Crippen LogP contribution in [0.1, 0.15) is 11.6 Å². The van der Waals surface area contributed by atoms with Gasteiger partial charge in [0, 0.05) is 0 Å². The van der Waals surface area contributed by atoms with Crippen LogP contribution in [-0.4, -0.2) is 44.2 Å². The summed E-state index contributed by atoms with van der Waals surface area (Å²) in [7, 11) is 4.29. The molecule has 0 spiro atoms. The molecule has 0 radical (unpaired) electrons. The molecule has 3 atom stereocenters. The Labute approximate surface area is 211 Å². The second-order valence-corrected chi connectivity index (χ2v) is 8.39. The van der Waals surface area contributed by atoms with Gasteiger partial charge in [-0.25, -0.2) is 9.96 Å². The van der Waals surface area contributed by atoms with Gasteiger partial charge in [-0.15, -0.1) is 0 Å². The molecular weight excluding hydrogens is 482 g/mol. The average Bonchev–Trinajstić information content (AvgIpc) is 3.43. The molecule has 2 aliphatic rings. The van der Waals surface area contributed by atoms with Gasteiger partial charge in [0.15, 0.2) is 17.6 Å². The van der Waals surface area contributed by atoms with Crippen molar-refractivity contribution < 1.29 is 33.6 Å². The van der Waals surface area contributed by atoms with Gasteiger partial charge < -0.3 is 14.2 Å². The number of carbonyl (C=O) groups is 2. The maximum Gasteiger partial charge on any atom is 0.278 e. The lowest BCUT2D eigenvalue weighted by molar-refractivity contribution is -0.385. The molecule has 0 bridgehead atoms. The molecule has 0 saturated carbocycles. The maximum atomic E-state index is 13.8. The van der Waals surface area contributed by atoms with Crippen molar-refractivity contribution in [3.05, 3.63) is 82.4 Å². The third kappa shape index (κ3) is 3.89. The molecule has 37 heavy (non-hydrogen) atoms. The first-order valence-corrected chi connectivity index (χ1v) is 11.3. The highest BCUT2D eigenvalue weighted by atomic mass is 16.7. The number of fused-ring (bicyclic) bond motifs is 1. The molecule has 0 aromatic heterocycles. The lowest BCUT2D eigenvalue weighted by Crippen LogP contribution is -2.37. The van der Waals surface area contributed by atoms with Gasteiger partial charge in [-0.2, -0.15) is 0 Å². The van der Waals surface area contributed by atoms with Crippen molar-refractivity contribution in [2.45, 2.75) is 12.1 Å². The predicted molar refractivity (Wildman–Crippen MR) is 132 cm³/mol. The van der Waals surface area contributed by atoms with Gasteiger partial charge in [0.1, 0.15) is 17.7 Å². The number of hydrogen-bond donors (Lipinski definition) is 0. The zero-order valence-electron chi connectivity index (χ0n) is 20.2. The number of nitrogens with zero attached hydrogens (tertiary/aromatic N) is 3. The number of carbonyl (C=O) groups excluding carboxylic acids is 2. The Kier molecular flexibility index (Phi) is 6.14. The molecular formula is C26H23N3O8. The van der Waals surface area contributed by atoms with Crippen LogP contribution in [0.3, 0.4) is 0 Å². The van der Waals surface area contributed by atoms with Crippen molar-refractivity contribution in [2.75, 3.05) is 31.3 Å². The molecule has 0 unspecified atom stereocenters. The van der Waals surface area contributed by atoms with Gasteiger partial charge >= 0.3 is 0 Å². The maximum absolute atomic E-state index is 13.8. The van der Waals surface area contributed by atoms with Crippen LogP contribution >= 0.6 is 0 Å². The van der Waals surface area contributed by atoms with E-state index in [1.165, 1.54) is 38.5 Å². The highest BCUT2D eigenvalue weighted by molar-refractivity contribution is 6.24. The van der Waals surface area contributed by atoms with E-state index in [1.807, 2.05) is 0 Å². The van der Waals surface area contributed by atoms with Crippen LogP contribution in [0.4, 0.5) is 17.1 Å². The van der Waals surface area contributed by atoms with Gasteiger partial charge in [-0.05, 0) is 42.5 Å². The van der Waals surface area contributed by atoms with E-state index in [4.69, 9.17) is 19.0 Å². The van der Waals surface area contributed by atoms with Gasteiger partial charge in [0.05, 0.1) is 49.3 Å². The number of para-hydroxylation sites is 1. The smallest absolute Gasteiger partial charge is 0.278 e. The van der Waals surface area contributed by atoms with E-state index < -0.39 is 34.8 Å². The van der Waals surface area contributed by atoms with Gasteiger partial charge in [0.2, 0.25) is 5.91 Å². The minimum Gasteiger partial charge on any atom is -0.497 e. The van der Waals surface area contributed by atoms with Crippen LogP contribution in [0, 0.1) is 16.0 Å². The summed E-state index contributed by atoms with van der Waals surface area (Å²) in [5.74, 6) is -1.20. The summed E-state index contributed by atoms with van der Waals surface area (Å²) in [6, 6.07) is 17.0. The summed E-state index contributed by atoms with van der Waals surface area (Å²) in [6.07, 6.45) is -1.19. The summed E-state index contributed by atoms with van der Waals surface area (Å²) >= 11 is 0. The number of hydroxylamine groups is 1. The van der Waals surface area contributed by atoms with E-state index in [2.05, 4.69) is 0 Å². The number of amides is 2. The third-order valence-electron chi connectivity index (χ3n) is 6.50. The molecule has 11 heteroatoms. The number of methoxy groups -OCH3 is 3. The Hall–Kier alpha value is -4.64. The van der Waals surface area contributed by atoms with Crippen molar-refractivity contribution in [3.63, 3.8) is 0 Å². The Bertz CT molecular complexity index is 1360. The Morgan fingerprint density at radius 1 is 0.838 bits per heavy atom. The Morgan fingerprint density at radius 3 is 2.08 bits per heavy atom. The number of hydrogen-bond acceptors (Lipinski definition) is 9. The van der Waals surface area contributed by atoms with E-state index in [9.17, 15) is 19.7 Å². The molecule has 2 saturated heterocycles. The first-order valence-electron chi connectivity index (χ1n) is 11.3. The van der Waals surface area contributed by atoms with Crippen molar-refractivity contribution >= 4 is 28.9 Å². The molecule has 3 aromatic carbocycles. The number of rotatable bonds is 7. The Balaban J connectivity index is 1.66. The first-order chi connectivity index (χ1) is 17.9. The molecule has 2 fully saturated rings. The van der Waals surface area contributed by atoms with E-state index in [1.54, 1.807) is 54.6 Å². The fraction of sp³-hybridized carbons (Fsp3) is 0.231. The third-order valence-corrected chi connectivity index (χ3v) is 6.50. The highest BCUT2D eigenvalue weighted by Crippen LogP contribution is 2.51. The molecule has 2 heterocycles. The largest absolute Gasteiger partial charge is 0.497 e. The van der Waals surface area contributed by atoms with Crippen molar-refractivity contribution in [1.29, 1.82) is 0 Å². The number of ether oxygens (including phenoxy) is 3. The van der Waals surface area contributed by atoms with Crippen LogP contribution in [0.15, 0.2) is 66.7 Å². The molecule has 2 aliphatic heterocycles. The van der Waals surface area contributed by atoms with Gasteiger partial charge in [-0.1, -0.05) is 18.2 Å². The van der Waals surface area contributed by atoms with Crippen LogP contribution in [0.25, 0.3) is 0 Å². The van der Waals surface area contributed by atoms with Crippen molar-refractivity contribution in [3.8, 4) is 17.2 Å². The van der Waals surface area contributed by atoms with E-state index in [0.717, 1.165) is 4.90 Å². The van der Waals surface area contributed by atoms with Crippen LogP contribution in [0.5, 0.6) is 17.2 Å².